The number of hydrogen-bond donors (Lipinski definition) is 1. The number of benzene rings is 2. The molecule has 1 nitrogen and oxygen atoms in total. The molecule has 1 atom stereocenters. The van der Waals surface area contributed by atoms with E-state index in [9.17, 15) is 13.9 Å². The largest absolute Gasteiger partial charge is 0.396 e. The third-order valence-corrected chi connectivity index (χ3v) is 3.48. The zero-order valence-corrected chi connectivity index (χ0v) is 10.9. The summed E-state index contributed by atoms with van der Waals surface area (Å²) in [6.45, 7) is -0.113. The summed E-state index contributed by atoms with van der Waals surface area (Å²) in [6.07, 6.45) is 0.402. The van der Waals surface area contributed by atoms with Gasteiger partial charge in [-0.3, -0.25) is 0 Å². The van der Waals surface area contributed by atoms with Gasteiger partial charge in [0, 0.05) is 5.92 Å². The van der Waals surface area contributed by atoms with Crippen LogP contribution in [0.5, 0.6) is 0 Å². The molecule has 0 saturated carbocycles. The van der Waals surface area contributed by atoms with Crippen molar-refractivity contribution in [1.29, 1.82) is 0 Å². The monoisotopic (exact) mass is 282 g/mol. The van der Waals surface area contributed by atoms with Gasteiger partial charge in [0.25, 0.3) is 0 Å². The fourth-order valence-electron chi connectivity index (χ4n) is 1.99. The van der Waals surface area contributed by atoms with Crippen molar-refractivity contribution in [2.24, 2.45) is 0 Å². The molecule has 0 saturated heterocycles. The maximum absolute atomic E-state index is 13.3. The first kappa shape index (κ1) is 14.0. The van der Waals surface area contributed by atoms with Crippen LogP contribution in [-0.4, -0.2) is 11.7 Å². The van der Waals surface area contributed by atoms with Crippen LogP contribution in [0, 0.1) is 11.6 Å². The van der Waals surface area contributed by atoms with Crippen LogP contribution >= 0.6 is 11.6 Å². The Bertz CT molecular complexity index is 555. The number of rotatable bonds is 4. The van der Waals surface area contributed by atoms with E-state index in [-0.39, 0.29) is 23.4 Å². The van der Waals surface area contributed by atoms with Crippen molar-refractivity contribution in [3.8, 4) is 0 Å². The van der Waals surface area contributed by atoms with E-state index in [0.29, 0.717) is 12.0 Å². The maximum atomic E-state index is 13.3. The molecule has 0 spiro atoms. The summed E-state index contributed by atoms with van der Waals surface area (Å²) >= 11 is 5.89. The summed E-state index contributed by atoms with van der Waals surface area (Å²) in [5.74, 6) is -1.04. The van der Waals surface area contributed by atoms with E-state index in [2.05, 4.69) is 0 Å². The molecule has 0 aliphatic carbocycles. The first-order valence-corrected chi connectivity index (χ1v) is 6.29. The normalized spacial score (nSPS) is 12.4. The second-order valence-corrected chi connectivity index (χ2v) is 4.73. The molecule has 1 unspecified atom stereocenters. The van der Waals surface area contributed by atoms with Gasteiger partial charge in [-0.1, -0.05) is 35.9 Å². The molecule has 100 valence electrons. The highest BCUT2D eigenvalue weighted by Crippen LogP contribution is 2.26. The van der Waals surface area contributed by atoms with Gasteiger partial charge in [-0.25, -0.2) is 8.78 Å². The summed E-state index contributed by atoms with van der Waals surface area (Å²) in [6, 6.07) is 10.5. The van der Waals surface area contributed by atoms with E-state index in [0.717, 1.165) is 5.56 Å². The Balaban J connectivity index is 2.24. The number of aliphatic hydroxyl groups excluding tert-OH is 1. The van der Waals surface area contributed by atoms with Gasteiger partial charge in [0.15, 0.2) is 0 Å². The van der Waals surface area contributed by atoms with Gasteiger partial charge < -0.3 is 5.11 Å². The van der Waals surface area contributed by atoms with Crippen molar-refractivity contribution in [3.05, 3.63) is 70.2 Å². The zero-order valence-electron chi connectivity index (χ0n) is 10.1. The molecule has 0 aliphatic rings. The Kier molecular flexibility index (Phi) is 4.51. The van der Waals surface area contributed by atoms with Crippen molar-refractivity contribution in [1.82, 2.24) is 0 Å². The van der Waals surface area contributed by atoms with Crippen molar-refractivity contribution in [2.75, 3.05) is 6.61 Å². The molecule has 0 aromatic heterocycles. The van der Waals surface area contributed by atoms with Crippen LogP contribution in [0.4, 0.5) is 8.78 Å². The smallest absolute Gasteiger partial charge is 0.142 e. The van der Waals surface area contributed by atoms with Crippen molar-refractivity contribution < 1.29 is 13.9 Å². The van der Waals surface area contributed by atoms with Gasteiger partial charge in [-0.2, -0.15) is 0 Å². The Morgan fingerprint density at radius 1 is 1.05 bits per heavy atom. The lowest BCUT2D eigenvalue weighted by molar-refractivity contribution is 0.264. The van der Waals surface area contributed by atoms with Gasteiger partial charge in [0.2, 0.25) is 0 Å². The van der Waals surface area contributed by atoms with Gasteiger partial charge in [-0.15, -0.1) is 0 Å². The van der Waals surface area contributed by atoms with Crippen LogP contribution in [0.3, 0.4) is 0 Å². The molecule has 2 rings (SSSR count). The fraction of sp³-hybridized carbons (Fsp3) is 0.200. The molecule has 1 N–H and O–H groups in total. The summed E-state index contributed by atoms with van der Waals surface area (Å²) in [4.78, 5) is 0. The Morgan fingerprint density at radius 3 is 2.37 bits per heavy atom. The second kappa shape index (κ2) is 6.13. The molecule has 0 bridgehead atoms. The third-order valence-electron chi connectivity index (χ3n) is 3.06. The van der Waals surface area contributed by atoms with E-state index in [1.807, 2.05) is 0 Å². The van der Waals surface area contributed by atoms with Gasteiger partial charge in [-0.05, 0) is 35.7 Å². The highest BCUT2D eigenvalue weighted by atomic mass is 35.5. The summed E-state index contributed by atoms with van der Waals surface area (Å²) in [7, 11) is 0. The molecule has 0 fully saturated rings. The van der Waals surface area contributed by atoms with Gasteiger partial charge in [0.1, 0.15) is 11.6 Å². The standard InChI is InChI=1S/C15H13ClF2O/c16-15-11(2-1-3-14(15)18)8-12(9-19)10-4-6-13(17)7-5-10/h1-7,12,19H,8-9H2. The van der Waals surface area contributed by atoms with E-state index < -0.39 is 5.82 Å². The highest BCUT2D eigenvalue weighted by molar-refractivity contribution is 6.31. The van der Waals surface area contributed by atoms with Crippen LogP contribution in [0.1, 0.15) is 17.0 Å². The summed E-state index contributed by atoms with van der Waals surface area (Å²) < 4.78 is 26.2. The molecule has 4 heteroatoms. The van der Waals surface area contributed by atoms with Gasteiger partial charge in [0.05, 0.1) is 11.6 Å². The van der Waals surface area contributed by atoms with Crippen LogP contribution in [-0.2, 0) is 6.42 Å². The second-order valence-electron chi connectivity index (χ2n) is 4.35. The minimum atomic E-state index is -0.477. The first-order chi connectivity index (χ1) is 9.11. The number of hydrogen-bond acceptors (Lipinski definition) is 1. The average molecular weight is 283 g/mol. The molecule has 0 amide bonds. The summed E-state index contributed by atoms with van der Waals surface area (Å²) in [5.41, 5.74) is 1.43. The van der Waals surface area contributed by atoms with Crippen LogP contribution < -0.4 is 0 Å². The van der Waals surface area contributed by atoms with Crippen LogP contribution in [0.2, 0.25) is 5.02 Å². The highest BCUT2D eigenvalue weighted by Gasteiger charge is 2.15. The predicted molar refractivity (Wildman–Crippen MR) is 71.3 cm³/mol. The SMILES string of the molecule is OCC(Cc1cccc(F)c1Cl)c1ccc(F)cc1. The van der Waals surface area contributed by atoms with E-state index in [4.69, 9.17) is 11.6 Å². The lowest BCUT2D eigenvalue weighted by atomic mass is 9.92. The zero-order chi connectivity index (χ0) is 13.8. The number of halogens is 3. The van der Waals surface area contributed by atoms with E-state index in [1.54, 1.807) is 24.3 Å². The van der Waals surface area contributed by atoms with Crippen molar-refractivity contribution in [3.63, 3.8) is 0 Å². The average Bonchev–Trinajstić information content (AvgIpc) is 2.42. The quantitative estimate of drug-likeness (QED) is 0.901. The lowest BCUT2D eigenvalue weighted by Gasteiger charge is -2.15. The molecular formula is C15H13ClF2O. The van der Waals surface area contributed by atoms with Gasteiger partial charge >= 0.3 is 0 Å². The maximum Gasteiger partial charge on any atom is 0.142 e. The van der Waals surface area contributed by atoms with E-state index >= 15 is 0 Å². The Morgan fingerprint density at radius 2 is 1.74 bits per heavy atom. The number of aliphatic hydroxyl groups is 1. The molecule has 19 heavy (non-hydrogen) atoms. The predicted octanol–water partition coefficient (Wildman–Crippen LogP) is 3.94. The molecule has 2 aromatic carbocycles. The molecule has 0 heterocycles. The van der Waals surface area contributed by atoms with E-state index in [1.165, 1.54) is 18.2 Å². The lowest BCUT2D eigenvalue weighted by Crippen LogP contribution is -2.08. The molecular weight excluding hydrogens is 270 g/mol. The van der Waals surface area contributed by atoms with Crippen LogP contribution in [0.25, 0.3) is 0 Å². The topological polar surface area (TPSA) is 20.2 Å². The summed E-state index contributed by atoms with van der Waals surface area (Å²) in [5, 5.41) is 9.51. The van der Waals surface area contributed by atoms with Crippen LogP contribution in [0.15, 0.2) is 42.5 Å². The van der Waals surface area contributed by atoms with Crippen molar-refractivity contribution >= 4 is 11.6 Å². The molecule has 0 aliphatic heterocycles. The Labute approximate surface area is 115 Å². The third kappa shape index (κ3) is 3.31. The Hall–Kier alpha value is -1.45. The minimum absolute atomic E-state index is 0.0723. The molecule has 0 radical (unpaired) electrons. The van der Waals surface area contributed by atoms with Crippen molar-refractivity contribution in [2.45, 2.75) is 12.3 Å². The fourth-order valence-corrected chi connectivity index (χ4v) is 2.20. The molecule has 2 aromatic rings. The first-order valence-electron chi connectivity index (χ1n) is 5.91. The minimum Gasteiger partial charge on any atom is -0.396 e.